The summed E-state index contributed by atoms with van der Waals surface area (Å²) in [4.78, 5) is 0. The number of hydrogen-bond donors (Lipinski definition) is 1. The molecule has 1 N–H and O–H groups in total. The van der Waals surface area contributed by atoms with E-state index in [9.17, 15) is 5.11 Å². The Morgan fingerprint density at radius 1 is 0.842 bits per heavy atom. The highest BCUT2D eigenvalue weighted by molar-refractivity contribution is 9.09. The predicted octanol–water partition coefficient (Wildman–Crippen LogP) is 5.42. The van der Waals surface area contributed by atoms with Crippen LogP contribution in [0.25, 0.3) is 0 Å². The zero-order valence-corrected chi connectivity index (χ0v) is 14.3. The van der Waals surface area contributed by atoms with Crippen LogP contribution in [0.3, 0.4) is 0 Å². The van der Waals surface area contributed by atoms with Gasteiger partial charge in [-0.05, 0) is 25.7 Å². The van der Waals surface area contributed by atoms with Gasteiger partial charge in [0.1, 0.15) is 0 Å². The highest BCUT2D eigenvalue weighted by Crippen LogP contribution is 2.10. The normalized spacial score (nSPS) is 12.8. The van der Waals surface area contributed by atoms with E-state index in [0.717, 1.165) is 24.6 Å². The van der Waals surface area contributed by atoms with Gasteiger partial charge in [-0.1, -0.05) is 74.2 Å². The summed E-state index contributed by atoms with van der Waals surface area (Å²) in [6.45, 7) is 2.95. The van der Waals surface area contributed by atoms with Crippen LogP contribution in [0.5, 0.6) is 0 Å². The lowest BCUT2D eigenvalue weighted by Crippen LogP contribution is -2.12. The first kappa shape index (κ1) is 19.4. The molecule has 0 saturated carbocycles. The Balaban J connectivity index is 3.10. The Hall–Kier alpha value is 0.400. The third-order valence-corrected chi connectivity index (χ3v) is 3.95. The number of ether oxygens (including phenoxy) is 1. The molecule has 0 aliphatic rings. The van der Waals surface area contributed by atoms with E-state index in [2.05, 4.69) is 22.9 Å². The first-order valence-corrected chi connectivity index (χ1v) is 9.29. The summed E-state index contributed by atoms with van der Waals surface area (Å²) < 4.78 is 5.41. The standard InChI is InChI=1S/C16H33BrO2/c1-2-3-4-5-6-7-10-13-16(18)19-15-12-9-8-11-14-17/h16,18H,2-15H2,1H3. The monoisotopic (exact) mass is 336 g/mol. The SMILES string of the molecule is CCCCCCCCCC(O)OCCCCCCBr. The lowest BCUT2D eigenvalue weighted by atomic mass is 10.1. The zero-order chi connectivity index (χ0) is 14.2. The van der Waals surface area contributed by atoms with Gasteiger partial charge in [-0.2, -0.15) is 0 Å². The summed E-state index contributed by atoms with van der Waals surface area (Å²) in [5, 5.41) is 10.8. The summed E-state index contributed by atoms with van der Waals surface area (Å²) in [6.07, 6.45) is 14.0. The molecule has 0 bridgehead atoms. The minimum atomic E-state index is -0.535. The maximum Gasteiger partial charge on any atom is 0.154 e. The van der Waals surface area contributed by atoms with E-state index in [-0.39, 0.29) is 0 Å². The van der Waals surface area contributed by atoms with Crippen molar-refractivity contribution < 1.29 is 9.84 Å². The van der Waals surface area contributed by atoms with Gasteiger partial charge in [-0.15, -0.1) is 0 Å². The van der Waals surface area contributed by atoms with Crippen LogP contribution in [0, 0.1) is 0 Å². The summed E-state index contributed by atoms with van der Waals surface area (Å²) in [5.41, 5.74) is 0. The average molecular weight is 337 g/mol. The topological polar surface area (TPSA) is 29.5 Å². The molecule has 0 aliphatic carbocycles. The number of rotatable bonds is 15. The average Bonchev–Trinajstić information content (AvgIpc) is 2.41. The van der Waals surface area contributed by atoms with Gasteiger partial charge in [0.25, 0.3) is 0 Å². The molecule has 0 aliphatic heterocycles. The Morgan fingerprint density at radius 3 is 2.11 bits per heavy atom. The molecular formula is C16H33BrO2. The van der Waals surface area contributed by atoms with Gasteiger partial charge in [-0.3, -0.25) is 0 Å². The molecule has 0 fully saturated rings. The van der Waals surface area contributed by atoms with Crippen LogP contribution in [0.1, 0.15) is 84.0 Å². The van der Waals surface area contributed by atoms with Crippen LogP contribution in [-0.4, -0.2) is 23.3 Å². The first-order valence-electron chi connectivity index (χ1n) is 8.17. The molecule has 0 aromatic heterocycles. The van der Waals surface area contributed by atoms with Gasteiger partial charge in [-0.25, -0.2) is 0 Å². The minimum absolute atomic E-state index is 0.535. The van der Waals surface area contributed by atoms with Gasteiger partial charge in [0.2, 0.25) is 0 Å². The number of aliphatic hydroxyl groups is 1. The van der Waals surface area contributed by atoms with Gasteiger partial charge in [0.05, 0.1) is 0 Å². The van der Waals surface area contributed by atoms with Crippen molar-refractivity contribution in [2.45, 2.75) is 90.3 Å². The molecule has 0 heterocycles. The van der Waals surface area contributed by atoms with E-state index in [4.69, 9.17) is 4.74 Å². The van der Waals surface area contributed by atoms with Gasteiger partial charge >= 0.3 is 0 Å². The predicted molar refractivity (Wildman–Crippen MR) is 86.8 cm³/mol. The number of unbranched alkanes of at least 4 members (excludes halogenated alkanes) is 9. The number of aliphatic hydroxyl groups excluding tert-OH is 1. The van der Waals surface area contributed by atoms with E-state index >= 15 is 0 Å². The first-order chi connectivity index (χ1) is 9.31. The molecule has 0 radical (unpaired) electrons. The van der Waals surface area contributed by atoms with E-state index < -0.39 is 6.29 Å². The fourth-order valence-electron chi connectivity index (χ4n) is 2.13. The number of halogens is 1. The Bertz CT molecular complexity index is 165. The smallest absolute Gasteiger partial charge is 0.154 e. The van der Waals surface area contributed by atoms with Gasteiger partial charge < -0.3 is 9.84 Å². The second kappa shape index (κ2) is 16.5. The minimum Gasteiger partial charge on any atom is -0.368 e. The second-order valence-electron chi connectivity index (χ2n) is 5.34. The van der Waals surface area contributed by atoms with Crippen molar-refractivity contribution in [2.24, 2.45) is 0 Å². The summed E-state index contributed by atoms with van der Waals surface area (Å²) >= 11 is 3.43. The van der Waals surface area contributed by atoms with Crippen molar-refractivity contribution in [1.29, 1.82) is 0 Å². The molecule has 3 heteroatoms. The van der Waals surface area contributed by atoms with Crippen LogP contribution < -0.4 is 0 Å². The fourth-order valence-corrected chi connectivity index (χ4v) is 2.53. The molecule has 0 rings (SSSR count). The Kier molecular flexibility index (Phi) is 16.8. The largest absolute Gasteiger partial charge is 0.368 e. The number of hydrogen-bond acceptors (Lipinski definition) is 2. The molecule has 0 spiro atoms. The van der Waals surface area contributed by atoms with Crippen molar-refractivity contribution in [1.82, 2.24) is 0 Å². The molecule has 1 unspecified atom stereocenters. The molecule has 2 nitrogen and oxygen atoms in total. The maximum absolute atomic E-state index is 9.66. The summed E-state index contributed by atoms with van der Waals surface area (Å²) in [6, 6.07) is 0. The van der Waals surface area contributed by atoms with E-state index in [1.807, 2.05) is 0 Å². The van der Waals surface area contributed by atoms with Crippen molar-refractivity contribution in [3.05, 3.63) is 0 Å². The van der Waals surface area contributed by atoms with Crippen molar-refractivity contribution in [3.63, 3.8) is 0 Å². The third-order valence-electron chi connectivity index (χ3n) is 3.39. The van der Waals surface area contributed by atoms with Crippen LogP contribution in [-0.2, 0) is 4.74 Å². The Labute approximate surface area is 128 Å². The van der Waals surface area contributed by atoms with Crippen molar-refractivity contribution in [2.75, 3.05) is 11.9 Å². The summed E-state index contributed by atoms with van der Waals surface area (Å²) in [5.74, 6) is 0. The third kappa shape index (κ3) is 16.3. The van der Waals surface area contributed by atoms with Crippen molar-refractivity contribution in [3.8, 4) is 0 Å². The lowest BCUT2D eigenvalue weighted by molar-refractivity contribution is -0.105. The zero-order valence-electron chi connectivity index (χ0n) is 12.7. The van der Waals surface area contributed by atoms with Crippen molar-refractivity contribution >= 4 is 15.9 Å². The van der Waals surface area contributed by atoms with Crippen LogP contribution >= 0.6 is 15.9 Å². The van der Waals surface area contributed by atoms with E-state index in [1.54, 1.807) is 0 Å². The van der Waals surface area contributed by atoms with Crippen LogP contribution in [0.15, 0.2) is 0 Å². The van der Waals surface area contributed by atoms with Crippen LogP contribution in [0.4, 0.5) is 0 Å². The molecule has 0 saturated heterocycles. The molecule has 0 aromatic rings. The fraction of sp³-hybridized carbons (Fsp3) is 1.00. The molecule has 0 aromatic carbocycles. The lowest BCUT2D eigenvalue weighted by Gasteiger charge is -2.11. The molecule has 0 amide bonds. The maximum atomic E-state index is 9.66. The highest BCUT2D eigenvalue weighted by atomic mass is 79.9. The van der Waals surface area contributed by atoms with Gasteiger partial charge in [0.15, 0.2) is 6.29 Å². The summed E-state index contributed by atoms with van der Waals surface area (Å²) in [7, 11) is 0. The van der Waals surface area contributed by atoms with E-state index in [0.29, 0.717) is 6.61 Å². The highest BCUT2D eigenvalue weighted by Gasteiger charge is 2.03. The Morgan fingerprint density at radius 2 is 1.42 bits per heavy atom. The quantitative estimate of drug-likeness (QED) is 0.246. The van der Waals surface area contributed by atoms with Gasteiger partial charge in [0, 0.05) is 11.9 Å². The second-order valence-corrected chi connectivity index (χ2v) is 6.13. The molecular weight excluding hydrogens is 304 g/mol. The number of alkyl halides is 1. The van der Waals surface area contributed by atoms with E-state index in [1.165, 1.54) is 57.8 Å². The molecule has 1 atom stereocenters. The van der Waals surface area contributed by atoms with Crippen LogP contribution in [0.2, 0.25) is 0 Å². The molecule has 19 heavy (non-hydrogen) atoms. The molecule has 116 valence electrons.